The molecule has 0 aliphatic rings. The van der Waals surface area contributed by atoms with Crippen molar-refractivity contribution < 1.29 is 19.1 Å². The molecule has 1 aromatic carbocycles. The molecule has 0 spiro atoms. The van der Waals surface area contributed by atoms with Crippen LogP contribution in [-0.4, -0.2) is 16.9 Å². The zero-order chi connectivity index (χ0) is 10.8. The molecule has 0 saturated heterocycles. The first kappa shape index (κ1) is 9.45. The van der Waals surface area contributed by atoms with Crippen LogP contribution in [0.25, 0.3) is 11.0 Å². The third-order valence-electron chi connectivity index (χ3n) is 2.01. The molecule has 4 heteroatoms. The van der Waals surface area contributed by atoms with E-state index in [9.17, 15) is 9.59 Å². The normalized spacial score (nSPS) is 10.4. The number of fused-ring (bicyclic) bond motifs is 1. The summed E-state index contributed by atoms with van der Waals surface area (Å²) in [6, 6.07) is 8.70. The Morgan fingerprint density at radius 1 is 1.27 bits per heavy atom. The SMILES string of the molecule is O=C(O)CC(=O)c1cc2ccccc2o1. The highest BCUT2D eigenvalue weighted by molar-refractivity contribution is 6.05. The monoisotopic (exact) mass is 204 g/mol. The summed E-state index contributed by atoms with van der Waals surface area (Å²) >= 11 is 0. The molecule has 0 radical (unpaired) electrons. The zero-order valence-electron chi connectivity index (χ0n) is 7.77. The number of carbonyl (C=O) groups is 2. The molecule has 2 rings (SSSR count). The van der Waals surface area contributed by atoms with Crippen molar-refractivity contribution in [2.24, 2.45) is 0 Å². The van der Waals surface area contributed by atoms with E-state index in [4.69, 9.17) is 9.52 Å². The summed E-state index contributed by atoms with van der Waals surface area (Å²) in [7, 11) is 0. The molecular weight excluding hydrogens is 196 g/mol. The Hall–Kier alpha value is -2.10. The summed E-state index contributed by atoms with van der Waals surface area (Å²) in [5, 5.41) is 9.26. The molecule has 1 heterocycles. The van der Waals surface area contributed by atoms with Crippen molar-refractivity contribution in [2.45, 2.75) is 6.42 Å². The van der Waals surface area contributed by atoms with Crippen LogP contribution in [0.1, 0.15) is 17.0 Å². The number of hydrogen-bond donors (Lipinski definition) is 1. The van der Waals surface area contributed by atoms with E-state index in [1.807, 2.05) is 6.07 Å². The quantitative estimate of drug-likeness (QED) is 0.614. The van der Waals surface area contributed by atoms with Crippen molar-refractivity contribution in [3.8, 4) is 0 Å². The number of ketones is 1. The van der Waals surface area contributed by atoms with Crippen molar-refractivity contribution in [3.05, 3.63) is 36.1 Å². The van der Waals surface area contributed by atoms with Crippen LogP contribution in [0.15, 0.2) is 34.7 Å². The van der Waals surface area contributed by atoms with Crippen molar-refractivity contribution in [2.75, 3.05) is 0 Å². The largest absolute Gasteiger partial charge is 0.481 e. The van der Waals surface area contributed by atoms with Gasteiger partial charge in [0.2, 0.25) is 5.78 Å². The van der Waals surface area contributed by atoms with Gasteiger partial charge in [-0.15, -0.1) is 0 Å². The van der Waals surface area contributed by atoms with Gasteiger partial charge in [0.1, 0.15) is 12.0 Å². The van der Waals surface area contributed by atoms with Crippen molar-refractivity contribution in [3.63, 3.8) is 0 Å². The molecule has 0 saturated carbocycles. The van der Waals surface area contributed by atoms with E-state index in [0.29, 0.717) is 5.58 Å². The van der Waals surface area contributed by atoms with E-state index >= 15 is 0 Å². The Morgan fingerprint density at radius 3 is 2.67 bits per heavy atom. The summed E-state index contributed by atoms with van der Waals surface area (Å²) in [6.45, 7) is 0. The first-order chi connectivity index (χ1) is 7.16. The number of aliphatic carboxylic acids is 1. The summed E-state index contributed by atoms with van der Waals surface area (Å²) < 4.78 is 5.22. The summed E-state index contributed by atoms with van der Waals surface area (Å²) in [6.07, 6.45) is -0.542. The third kappa shape index (κ3) is 1.88. The van der Waals surface area contributed by atoms with Gasteiger partial charge in [0.05, 0.1) is 0 Å². The lowest BCUT2D eigenvalue weighted by Gasteiger charge is -1.90. The lowest BCUT2D eigenvalue weighted by Crippen LogP contribution is -2.05. The molecule has 2 aromatic rings. The van der Waals surface area contributed by atoms with Crippen LogP contribution in [-0.2, 0) is 4.79 Å². The average molecular weight is 204 g/mol. The van der Waals surface area contributed by atoms with Crippen LogP contribution in [0.5, 0.6) is 0 Å². The number of furan rings is 1. The van der Waals surface area contributed by atoms with Crippen LogP contribution in [0.2, 0.25) is 0 Å². The van der Waals surface area contributed by atoms with Gasteiger partial charge in [-0.3, -0.25) is 9.59 Å². The Balaban J connectivity index is 2.36. The standard InChI is InChI=1S/C11H8O4/c12-8(6-11(13)14)10-5-7-3-1-2-4-9(7)15-10/h1-5H,6H2,(H,13,14). The summed E-state index contributed by atoms with van der Waals surface area (Å²) in [4.78, 5) is 21.7. The second-order valence-corrected chi connectivity index (χ2v) is 3.14. The maximum Gasteiger partial charge on any atom is 0.311 e. The Morgan fingerprint density at radius 2 is 2.00 bits per heavy atom. The lowest BCUT2D eigenvalue weighted by atomic mass is 10.2. The number of Topliss-reactive ketones (excluding diaryl/α,β-unsaturated/α-hetero) is 1. The number of hydrogen-bond acceptors (Lipinski definition) is 3. The molecule has 0 amide bonds. The fourth-order valence-corrected chi connectivity index (χ4v) is 1.34. The van der Waals surface area contributed by atoms with Gasteiger partial charge in [-0.25, -0.2) is 0 Å². The average Bonchev–Trinajstić information content (AvgIpc) is 2.59. The summed E-state index contributed by atoms with van der Waals surface area (Å²) in [5.74, 6) is -1.57. The highest BCUT2D eigenvalue weighted by Gasteiger charge is 2.15. The zero-order valence-corrected chi connectivity index (χ0v) is 7.77. The molecule has 0 unspecified atom stereocenters. The minimum Gasteiger partial charge on any atom is -0.481 e. The number of carboxylic acid groups (broad SMARTS) is 1. The van der Waals surface area contributed by atoms with Gasteiger partial charge >= 0.3 is 5.97 Å². The lowest BCUT2D eigenvalue weighted by molar-refractivity contribution is -0.135. The van der Waals surface area contributed by atoms with Crippen LogP contribution in [0.4, 0.5) is 0 Å². The van der Waals surface area contributed by atoms with E-state index in [2.05, 4.69) is 0 Å². The number of para-hydroxylation sites is 1. The molecule has 76 valence electrons. The second kappa shape index (κ2) is 3.57. The number of rotatable bonds is 3. The number of carbonyl (C=O) groups excluding carboxylic acids is 1. The van der Waals surface area contributed by atoms with Crippen LogP contribution < -0.4 is 0 Å². The molecule has 0 fully saturated rings. The summed E-state index contributed by atoms with van der Waals surface area (Å²) in [5.41, 5.74) is 0.589. The minimum atomic E-state index is -1.15. The van der Waals surface area contributed by atoms with Gasteiger partial charge in [0, 0.05) is 5.39 Å². The van der Waals surface area contributed by atoms with Crippen molar-refractivity contribution >= 4 is 22.7 Å². The van der Waals surface area contributed by atoms with Crippen molar-refractivity contribution in [1.82, 2.24) is 0 Å². The topological polar surface area (TPSA) is 67.5 Å². The van der Waals surface area contributed by atoms with Crippen LogP contribution in [0.3, 0.4) is 0 Å². The first-order valence-corrected chi connectivity index (χ1v) is 4.40. The molecule has 4 nitrogen and oxygen atoms in total. The van der Waals surface area contributed by atoms with E-state index in [-0.39, 0.29) is 5.76 Å². The highest BCUT2D eigenvalue weighted by Crippen LogP contribution is 2.19. The second-order valence-electron chi connectivity index (χ2n) is 3.14. The molecule has 1 N–H and O–H groups in total. The number of carboxylic acids is 1. The fraction of sp³-hybridized carbons (Fsp3) is 0.0909. The minimum absolute atomic E-state index is 0.0959. The van der Waals surface area contributed by atoms with Crippen LogP contribution >= 0.6 is 0 Å². The molecule has 0 aliphatic carbocycles. The van der Waals surface area contributed by atoms with Gasteiger partial charge in [-0.2, -0.15) is 0 Å². The molecular formula is C11H8O4. The predicted molar refractivity (Wildman–Crippen MR) is 52.8 cm³/mol. The third-order valence-corrected chi connectivity index (χ3v) is 2.01. The Labute approximate surface area is 85.1 Å². The highest BCUT2D eigenvalue weighted by atomic mass is 16.4. The van der Waals surface area contributed by atoms with Gasteiger partial charge in [0.15, 0.2) is 5.76 Å². The van der Waals surface area contributed by atoms with Gasteiger partial charge in [-0.1, -0.05) is 18.2 Å². The van der Waals surface area contributed by atoms with E-state index < -0.39 is 18.2 Å². The van der Waals surface area contributed by atoms with E-state index in [1.165, 1.54) is 0 Å². The van der Waals surface area contributed by atoms with Gasteiger partial charge in [-0.05, 0) is 12.1 Å². The fourth-order valence-electron chi connectivity index (χ4n) is 1.34. The first-order valence-electron chi connectivity index (χ1n) is 4.40. The molecule has 15 heavy (non-hydrogen) atoms. The molecule has 1 aromatic heterocycles. The Bertz CT molecular complexity index is 491. The smallest absolute Gasteiger partial charge is 0.311 e. The van der Waals surface area contributed by atoms with Gasteiger partial charge in [0.25, 0.3) is 0 Å². The van der Waals surface area contributed by atoms with Gasteiger partial charge < -0.3 is 9.52 Å². The maximum absolute atomic E-state index is 11.4. The predicted octanol–water partition coefficient (Wildman–Crippen LogP) is 2.09. The molecule has 0 atom stereocenters. The molecule has 0 aliphatic heterocycles. The van der Waals surface area contributed by atoms with E-state index in [1.54, 1.807) is 24.3 Å². The molecule has 0 bridgehead atoms. The number of benzene rings is 1. The van der Waals surface area contributed by atoms with Crippen molar-refractivity contribution in [1.29, 1.82) is 0 Å². The van der Waals surface area contributed by atoms with E-state index in [0.717, 1.165) is 5.39 Å². The maximum atomic E-state index is 11.4. The Kier molecular flexibility index (Phi) is 2.25. The van der Waals surface area contributed by atoms with Crippen LogP contribution in [0, 0.1) is 0 Å².